The number of anilines is 2. The first-order chi connectivity index (χ1) is 8.85. The number of hydrogen-bond acceptors (Lipinski definition) is 5. The SMILES string of the molecule is COCCC(C)(C)CNc1ccc([N+](=O)[O-])cc1N. The van der Waals surface area contributed by atoms with Gasteiger partial charge in [0.2, 0.25) is 0 Å². The molecule has 0 spiro atoms. The number of nitrogen functional groups attached to an aromatic ring is 1. The Kier molecular flexibility index (Phi) is 5.11. The van der Waals surface area contributed by atoms with E-state index >= 15 is 0 Å². The van der Waals surface area contributed by atoms with Gasteiger partial charge in [0.25, 0.3) is 5.69 Å². The first-order valence-electron chi connectivity index (χ1n) is 6.12. The van der Waals surface area contributed by atoms with Gasteiger partial charge in [-0.1, -0.05) is 13.8 Å². The second-order valence-electron chi connectivity index (χ2n) is 5.29. The maximum absolute atomic E-state index is 10.6. The zero-order valence-corrected chi connectivity index (χ0v) is 11.6. The molecular weight excluding hydrogens is 246 g/mol. The average Bonchev–Trinajstić information content (AvgIpc) is 2.35. The highest BCUT2D eigenvalue weighted by atomic mass is 16.6. The van der Waals surface area contributed by atoms with E-state index < -0.39 is 4.92 Å². The maximum Gasteiger partial charge on any atom is 0.271 e. The van der Waals surface area contributed by atoms with E-state index in [-0.39, 0.29) is 11.1 Å². The molecule has 3 N–H and O–H groups in total. The summed E-state index contributed by atoms with van der Waals surface area (Å²) in [7, 11) is 1.68. The lowest BCUT2D eigenvalue weighted by atomic mass is 9.89. The predicted octanol–water partition coefficient (Wildman–Crippen LogP) is 2.65. The van der Waals surface area contributed by atoms with Crippen molar-refractivity contribution in [3.63, 3.8) is 0 Å². The smallest absolute Gasteiger partial charge is 0.271 e. The zero-order chi connectivity index (χ0) is 14.5. The number of rotatable bonds is 7. The molecule has 1 aromatic rings. The van der Waals surface area contributed by atoms with Gasteiger partial charge < -0.3 is 15.8 Å². The summed E-state index contributed by atoms with van der Waals surface area (Å²) >= 11 is 0. The number of hydrogen-bond donors (Lipinski definition) is 2. The third-order valence-corrected chi connectivity index (χ3v) is 2.99. The predicted molar refractivity (Wildman–Crippen MR) is 76.3 cm³/mol. The molecule has 0 heterocycles. The molecule has 106 valence electrons. The van der Waals surface area contributed by atoms with Gasteiger partial charge in [0.05, 0.1) is 16.3 Å². The van der Waals surface area contributed by atoms with E-state index in [1.54, 1.807) is 13.2 Å². The number of nitrogens with one attached hydrogen (secondary N) is 1. The molecule has 0 aliphatic rings. The molecule has 0 saturated heterocycles. The number of nitrogens with zero attached hydrogens (tertiary/aromatic N) is 1. The second kappa shape index (κ2) is 6.38. The molecule has 0 amide bonds. The van der Waals surface area contributed by atoms with Gasteiger partial charge >= 0.3 is 0 Å². The molecular formula is C13H21N3O3. The largest absolute Gasteiger partial charge is 0.397 e. The number of nitrogens with two attached hydrogens (primary N) is 1. The molecule has 6 heteroatoms. The van der Waals surface area contributed by atoms with E-state index in [0.717, 1.165) is 18.7 Å². The Balaban J connectivity index is 2.65. The minimum Gasteiger partial charge on any atom is -0.397 e. The van der Waals surface area contributed by atoms with E-state index in [0.29, 0.717) is 12.3 Å². The van der Waals surface area contributed by atoms with Crippen molar-refractivity contribution in [2.45, 2.75) is 20.3 Å². The number of non-ortho nitro benzene ring substituents is 1. The highest BCUT2D eigenvalue weighted by molar-refractivity contribution is 5.69. The van der Waals surface area contributed by atoms with Crippen LogP contribution in [0.15, 0.2) is 18.2 Å². The Morgan fingerprint density at radius 2 is 2.16 bits per heavy atom. The van der Waals surface area contributed by atoms with Crippen molar-refractivity contribution >= 4 is 17.1 Å². The van der Waals surface area contributed by atoms with Gasteiger partial charge in [0.1, 0.15) is 0 Å². The van der Waals surface area contributed by atoms with Crippen LogP contribution < -0.4 is 11.1 Å². The molecule has 0 aliphatic heterocycles. The van der Waals surface area contributed by atoms with E-state index in [1.165, 1.54) is 12.1 Å². The lowest BCUT2D eigenvalue weighted by Crippen LogP contribution is -2.25. The van der Waals surface area contributed by atoms with E-state index in [9.17, 15) is 10.1 Å². The Bertz CT molecular complexity index is 447. The fourth-order valence-electron chi connectivity index (χ4n) is 1.63. The van der Waals surface area contributed by atoms with E-state index in [1.807, 2.05) is 0 Å². The van der Waals surface area contributed by atoms with Crippen LogP contribution in [0.5, 0.6) is 0 Å². The van der Waals surface area contributed by atoms with Crippen LogP contribution >= 0.6 is 0 Å². The summed E-state index contributed by atoms with van der Waals surface area (Å²) in [5.41, 5.74) is 6.96. The third kappa shape index (κ3) is 4.75. The lowest BCUT2D eigenvalue weighted by molar-refractivity contribution is -0.384. The second-order valence-corrected chi connectivity index (χ2v) is 5.29. The lowest BCUT2D eigenvalue weighted by Gasteiger charge is -2.25. The van der Waals surface area contributed by atoms with Gasteiger partial charge in [-0.15, -0.1) is 0 Å². The minimum atomic E-state index is -0.456. The summed E-state index contributed by atoms with van der Waals surface area (Å²) in [6.45, 7) is 5.67. The van der Waals surface area contributed by atoms with Crippen LogP contribution in [0.25, 0.3) is 0 Å². The summed E-state index contributed by atoms with van der Waals surface area (Å²) in [4.78, 5) is 10.2. The molecule has 0 bridgehead atoms. The van der Waals surface area contributed by atoms with Crippen molar-refractivity contribution in [3.05, 3.63) is 28.3 Å². The van der Waals surface area contributed by atoms with Crippen LogP contribution in [0.4, 0.5) is 17.1 Å². The zero-order valence-electron chi connectivity index (χ0n) is 11.6. The van der Waals surface area contributed by atoms with Gasteiger partial charge in [0, 0.05) is 32.4 Å². The monoisotopic (exact) mass is 267 g/mol. The standard InChI is InChI=1S/C13H21N3O3/c1-13(2,6-7-19-3)9-15-12-5-4-10(16(17)18)8-11(12)14/h4-5,8,15H,6-7,9,14H2,1-3H3. The quantitative estimate of drug-likeness (QED) is 0.450. The molecule has 1 aromatic carbocycles. The molecule has 0 aromatic heterocycles. The van der Waals surface area contributed by atoms with Crippen molar-refractivity contribution in [2.75, 3.05) is 31.3 Å². The molecule has 0 fully saturated rings. The number of nitro benzene ring substituents is 1. The molecule has 1 rings (SSSR count). The van der Waals surface area contributed by atoms with Crippen LogP contribution in [0.1, 0.15) is 20.3 Å². The minimum absolute atomic E-state index is 0.00157. The van der Waals surface area contributed by atoms with Gasteiger partial charge in [-0.2, -0.15) is 0 Å². The molecule has 0 saturated carbocycles. The molecule has 19 heavy (non-hydrogen) atoms. The van der Waals surface area contributed by atoms with Crippen molar-refractivity contribution < 1.29 is 9.66 Å². The Labute approximate surface area is 113 Å². The molecule has 0 radical (unpaired) electrons. The maximum atomic E-state index is 10.6. The Hall–Kier alpha value is -1.82. The van der Waals surface area contributed by atoms with E-state index in [2.05, 4.69) is 19.2 Å². The summed E-state index contributed by atoms with van der Waals surface area (Å²) in [6.07, 6.45) is 0.920. The first-order valence-corrected chi connectivity index (χ1v) is 6.12. The van der Waals surface area contributed by atoms with Gasteiger partial charge in [0.15, 0.2) is 0 Å². The van der Waals surface area contributed by atoms with Crippen molar-refractivity contribution in [3.8, 4) is 0 Å². The highest BCUT2D eigenvalue weighted by Gasteiger charge is 2.18. The normalized spacial score (nSPS) is 11.3. The third-order valence-electron chi connectivity index (χ3n) is 2.99. The summed E-state index contributed by atoms with van der Waals surface area (Å²) in [5.74, 6) is 0. The average molecular weight is 267 g/mol. The van der Waals surface area contributed by atoms with Crippen LogP contribution in [-0.4, -0.2) is 25.2 Å². The molecule has 0 aliphatic carbocycles. The fraction of sp³-hybridized carbons (Fsp3) is 0.538. The Morgan fingerprint density at radius 1 is 1.47 bits per heavy atom. The molecule has 0 atom stereocenters. The van der Waals surface area contributed by atoms with Crippen LogP contribution in [0, 0.1) is 15.5 Å². The van der Waals surface area contributed by atoms with Gasteiger partial charge in [-0.05, 0) is 17.9 Å². The molecule has 0 unspecified atom stereocenters. The van der Waals surface area contributed by atoms with Crippen LogP contribution in [0.3, 0.4) is 0 Å². The topological polar surface area (TPSA) is 90.4 Å². The van der Waals surface area contributed by atoms with Crippen molar-refractivity contribution in [2.24, 2.45) is 5.41 Å². The number of methoxy groups -OCH3 is 1. The summed E-state index contributed by atoms with van der Waals surface area (Å²) in [5, 5.41) is 13.8. The fourth-order valence-corrected chi connectivity index (χ4v) is 1.63. The van der Waals surface area contributed by atoms with Crippen LogP contribution in [0.2, 0.25) is 0 Å². The Morgan fingerprint density at radius 3 is 2.68 bits per heavy atom. The van der Waals surface area contributed by atoms with Crippen LogP contribution in [-0.2, 0) is 4.74 Å². The number of benzene rings is 1. The molecule has 6 nitrogen and oxygen atoms in total. The first kappa shape index (κ1) is 15.2. The summed E-state index contributed by atoms with van der Waals surface area (Å²) in [6, 6.07) is 4.45. The van der Waals surface area contributed by atoms with Gasteiger partial charge in [-0.3, -0.25) is 10.1 Å². The number of nitro groups is 1. The van der Waals surface area contributed by atoms with Crippen molar-refractivity contribution in [1.29, 1.82) is 0 Å². The van der Waals surface area contributed by atoms with E-state index in [4.69, 9.17) is 10.5 Å². The highest BCUT2D eigenvalue weighted by Crippen LogP contribution is 2.27. The van der Waals surface area contributed by atoms with Gasteiger partial charge in [-0.25, -0.2) is 0 Å². The number of ether oxygens (including phenoxy) is 1. The summed E-state index contributed by atoms with van der Waals surface area (Å²) < 4.78 is 5.07. The van der Waals surface area contributed by atoms with Crippen molar-refractivity contribution in [1.82, 2.24) is 0 Å².